The van der Waals surface area contributed by atoms with Crippen molar-refractivity contribution < 1.29 is 9.52 Å². The first-order valence-electron chi connectivity index (χ1n) is 9.63. The molecule has 4 aromatic rings. The number of benzene rings is 3. The fraction of sp³-hybridized carbons (Fsp3) is 0.0800. The Bertz CT molecular complexity index is 1180. The lowest BCUT2D eigenvalue weighted by Gasteiger charge is -2.18. The lowest BCUT2D eigenvalue weighted by atomic mass is 10.0. The van der Waals surface area contributed by atoms with Crippen molar-refractivity contribution >= 4 is 5.91 Å². The molecular formula is C25H21N3O2. The fourth-order valence-electron chi connectivity index (χ4n) is 3.37. The zero-order chi connectivity index (χ0) is 21.1. The van der Waals surface area contributed by atoms with Crippen LogP contribution in [0.4, 0.5) is 0 Å². The lowest BCUT2D eigenvalue weighted by Crippen LogP contribution is -2.42. The molecule has 0 spiro atoms. The highest BCUT2D eigenvalue weighted by Crippen LogP contribution is 2.32. The highest BCUT2D eigenvalue weighted by molar-refractivity contribution is 5.97. The first-order valence-corrected chi connectivity index (χ1v) is 9.63. The Morgan fingerprint density at radius 1 is 0.733 bits per heavy atom. The minimum Gasteiger partial charge on any atom is -0.618 e. The van der Waals surface area contributed by atoms with E-state index in [1.807, 2.05) is 91.0 Å². The van der Waals surface area contributed by atoms with Gasteiger partial charge in [-0.1, -0.05) is 78.9 Å². The van der Waals surface area contributed by atoms with Gasteiger partial charge in [0.25, 0.3) is 5.69 Å². The van der Waals surface area contributed by atoms with E-state index in [0.29, 0.717) is 28.2 Å². The molecule has 0 N–H and O–H groups in total. The normalized spacial score (nSPS) is 10.6. The number of hydrogen-bond acceptors (Lipinski definition) is 3. The van der Waals surface area contributed by atoms with Gasteiger partial charge in [-0.05, 0) is 12.1 Å². The summed E-state index contributed by atoms with van der Waals surface area (Å²) in [6.07, 6.45) is 0. The van der Waals surface area contributed by atoms with Crippen LogP contribution in [0, 0.1) is 5.21 Å². The topological polar surface area (TPSA) is 60.1 Å². The molecular weight excluding hydrogens is 374 g/mol. The maximum absolute atomic E-state index is 13.7. The van der Waals surface area contributed by atoms with E-state index in [-0.39, 0.29) is 5.69 Å². The molecule has 0 radical (unpaired) electrons. The van der Waals surface area contributed by atoms with Gasteiger partial charge in [0.05, 0.1) is 0 Å². The van der Waals surface area contributed by atoms with E-state index in [1.54, 1.807) is 14.1 Å². The maximum Gasteiger partial charge on any atom is 0.321 e. The quantitative estimate of drug-likeness (QED) is 0.380. The van der Waals surface area contributed by atoms with Crippen molar-refractivity contribution in [1.82, 2.24) is 9.88 Å². The van der Waals surface area contributed by atoms with Crippen LogP contribution in [0.2, 0.25) is 0 Å². The molecule has 0 aliphatic heterocycles. The van der Waals surface area contributed by atoms with Crippen LogP contribution in [0.25, 0.3) is 33.8 Å². The summed E-state index contributed by atoms with van der Waals surface area (Å²) in [4.78, 5) is 19.3. The number of rotatable bonds is 4. The summed E-state index contributed by atoms with van der Waals surface area (Å²) in [6, 6.07) is 28.2. The SMILES string of the molecule is CN(C)C(=O)c1c(-c2ccccc2)nc(-c2ccccc2)c(-c2ccccc2)[n+]1[O-]. The van der Waals surface area contributed by atoms with Crippen LogP contribution >= 0.6 is 0 Å². The molecule has 3 aromatic carbocycles. The van der Waals surface area contributed by atoms with Gasteiger partial charge < -0.3 is 10.1 Å². The molecule has 0 saturated heterocycles. The highest BCUT2D eigenvalue weighted by atomic mass is 16.5. The Balaban J connectivity index is 2.12. The van der Waals surface area contributed by atoms with Crippen LogP contribution in [-0.2, 0) is 0 Å². The third-order valence-electron chi connectivity index (χ3n) is 4.83. The summed E-state index contributed by atoms with van der Waals surface area (Å²) in [7, 11) is 3.26. The largest absolute Gasteiger partial charge is 0.618 e. The molecule has 1 amide bonds. The van der Waals surface area contributed by atoms with Gasteiger partial charge in [0.1, 0.15) is 11.4 Å². The summed E-state index contributed by atoms with van der Waals surface area (Å²) in [5, 5.41) is 13.7. The number of carbonyl (C=O) groups is 1. The molecule has 1 aromatic heterocycles. The first-order chi connectivity index (χ1) is 14.6. The maximum atomic E-state index is 13.7. The molecule has 0 aliphatic carbocycles. The molecule has 148 valence electrons. The van der Waals surface area contributed by atoms with Crippen LogP contribution in [0.1, 0.15) is 10.5 Å². The van der Waals surface area contributed by atoms with E-state index >= 15 is 0 Å². The minimum absolute atomic E-state index is 0.00438. The second-order valence-corrected chi connectivity index (χ2v) is 7.10. The van der Waals surface area contributed by atoms with Crippen LogP contribution < -0.4 is 4.73 Å². The van der Waals surface area contributed by atoms with Crippen LogP contribution in [0.3, 0.4) is 0 Å². The van der Waals surface area contributed by atoms with Crippen molar-refractivity contribution in [2.24, 2.45) is 0 Å². The zero-order valence-corrected chi connectivity index (χ0v) is 16.8. The van der Waals surface area contributed by atoms with E-state index < -0.39 is 5.91 Å². The molecule has 0 unspecified atom stereocenters. The van der Waals surface area contributed by atoms with E-state index in [1.165, 1.54) is 4.90 Å². The van der Waals surface area contributed by atoms with E-state index in [0.717, 1.165) is 10.3 Å². The predicted octanol–water partition coefficient (Wildman–Crippen LogP) is 4.42. The van der Waals surface area contributed by atoms with Crippen molar-refractivity contribution in [3.8, 4) is 33.8 Å². The lowest BCUT2D eigenvalue weighted by molar-refractivity contribution is -0.595. The highest BCUT2D eigenvalue weighted by Gasteiger charge is 2.32. The van der Waals surface area contributed by atoms with E-state index in [9.17, 15) is 10.0 Å². The average Bonchev–Trinajstić information content (AvgIpc) is 2.79. The summed E-state index contributed by atoms with van der Waals surface area (Å²) in [6.45, 7) is 0. The van der Waals surface area contributed by atoms with Gasteiger partial charge >= 0.3 is 11.6 Å². The van der Waals surface area contributed by atoms with Gasteiger partial charge in [-0.2, -0.15) is 4.73 Å². The van der Waals surface area contributed by atoms with Crippen molar-refractivity contribution in [2.75, 3.05) is 14.1 Å². The second-order valence-electron chi connectivity index (χ2n) is 7.10. The Morgan fingerprint density at radius 2 is 1.17 bits per heavy atom. The van der Waals surface area contributed by atoms with Gasteiger partial charge in [-0.15, -0.1) is 0 Å². The van der Waals surface area contributed by atoms with Crippen molar-refractivity contribution in [1.29, 1.82) is 0 Å². The number of amides is 1. The number of aromatic nitrogens is 2. The third-order valence-corrected chi connectivity index (χ3v) is 4.83. The molecule has 5 nitrogen and oxygen atoms in total. The number of nitrogens with zero attached hydrogens (tertiary/aromatic N) is 3. The first kappa shape index (κ1) is 19.3. The molecule has 0 fully saturated rings. The Morgan fingerprint density at radius 3 is 1.63 bits per heavy atom. The predicted molar refractivity (Wildman–Crippen MR) is 118 cm³/mol. The van der Waals surface area contributed by atoms with E-state index in [2.05, 4.69) is 0 Å². The third kappa shape index (κ3) is 3.53. The smallest absolute Gasteiger partial charge is 0.321 e. The monoisotopic (exact) mass is 395 g/mol. The Labute approximate surface area is 175 Å². The Kier molecular flexibility index (Phi) is 5.26. The summed E-state index contributed by atoms with van der Waals surface area (Å²) >= 11 is 0. The zero-order valence-electron chi connectivity index (χ0n) is 16.8. The molecule has 1 heterocycles. The minimum atomic E-state index is -0.395. The van der Waals surface area contributed by atoms with Gasteiger partial charge in [-0.25, -0.2) is 4.98 Å². The van der Waals surface area contributed by atoms with Gasteiger partial charge in [0.15, 0.2) is 0 Å². The fourth-order valence-corrected chi connectivity index (χ4v) is 3.37. The van der Waals surface area contributed by atoms with Crippen LogP contribution in [0.15, 0.2) is 91.0 Å². The van der Waals surface area contributed by atoms with Crippen molar-refractivity contribution in [2.45, 2.75) is 0 Å². The second kappa shape index (κ2) is 8.17. The van der Waals surface area contributed by atoms with Gasteiger partial charge in [0.2, 0.25) is 0 Å². The molecule has 4 rings (SSSR count). The molecule has 0 bridgehead atoms. The van der Waals surface area contributed by atoms with Gasteiger partial charge in [0, 0.05) is 30.8 Å². The summed E-state index contributed by atoms with van der Waals surface area (Å²) < 4.78 is 0.731. The molecule has 5 heteroatoms. The molecule has 0 aliphatic rings. The van der Waals surface area contributed by atoms with Gasteiger partial charge in [-0.3, -0.25) is 4.79 Å². The van der Waals surface area contributed by atoms with E-state index in [4.69, 9.17) is 4.98 Å². The molecule has 30 heavy (non-hydrogen) atoms. The van der Waals surface area contributed by atoms with Crippen molar-refractivity contribution in [3.05, 3.63) is 102 Å². The number of carbonyl (C=O) groups excluding carboxylic acids is 1. The summed E-state index contributed by atoms with van der Waals surface area (Å²) in [5.41, 5.74) is 3.47. The standard InChI is InChI=1S/C25H21N3O2/c1-27(2)25(29)24-22(19-14-8-4-9-15-19)26-21(18-12-6-3-7-13-18)23(28(24)30)20-16-10-5-11-17-20/h3-17H,1-2H3. The average molecular weight is 395 g/mol. The molecule has 0 saturated carbocycles. The van der Waals surface area contributed by atoms with Crippen molar-refractivity contribution in [3.63, 3.8) is 0 Å². The molecule has 0 atom stereocenters. The Hall–Kier alpha value is -3.99. The van der Waals surface area contributed by atoms with Crippen LogP contribution in [-0.4, -0.2) is 29.9 Å². The number of hydrogen-bond donors (Lipinski definition) is 0. The van der Waals surface area contributed by atoms with Crippen LogP contribution in [0.5, 0.6) is 0 Å². The summed E-state index contributed by atoms with van der Waals surface area (Å²) in [5.74, 6) is -0.395.